The molecule has 4 bridgehead atoms. The van der Waals surface area contributed by atoms with Gasteiger partial charge in [-0.05, 0) is 74.0 Å². The van der Waals surface area contributed by atoms with E-state index in [1.807, 2.05) is 0 Å². The Hall–Kier alpha value is -1.59. The van der Waals surface area contributed by atoms with Crippen LogP contribution >= 0.6 is 0 Å². The molecule has 0 aliphatic heterocycles. The number of aromatic nitrogens is 3. The minimum absolute atomic E-state index is 0.602. The second-order valence-electron chi connectivity index (χ2n) is 11.6. The van der Waals surface area contributed by atoms with Crippen molar-refractivity contribution in [1.82, 2.24) is 14.1 Å². The van der Waals surface area contributed by atoms with Gasteiger partial charge in [-0.15, -0.1) is 0 Å². The lowest BCUT2D eigenvalue weighted by Crippen LogP contribution is -2.45. The summed E-state index contributed by atoms with van der Waals surface area (Å²) in [5, 5.41) is 2.58. The van der Waals surface area contributed by atoms with E-state index in [4.69, 9.17) is 9.72 Å². The Morgan fingerprint density at radius 2 is 1.73 bits per heavy atom. The molecule has 0 saturated heterocycles. The van der Waals surface area contributed by atoms with Crippen molar-refractivity contribution in [2.24, 2.45) is 23.7 Å². The molecule has 4 aliphatic carbocycles. The zero-order valence-electron chi connectivity index (χ0n) is 18.7. The van der Waals surface area contributed by atoms with Gasteiger partial charge in [-0.1, -0.05) is 19.6 Å². The molecule has 3 heterocycles. The van der Waals surface area contributed by atoms with Crippen LogP contribution in [0.1, 0.15) is 38.1 Å². The summed E-state index contributed by atoms with van der Waals surface area (Å²) in [7, 11) is -1.05. The average molecular weight is 422 g/mol. The van der Waals surface area contributed by atoms with E-state index < -0.39 is 8.07 Å². The Labute approximate surface area is 180 Å². The highest BCUT2D eigenvalue weighted by atomic mass is 28.3. The molecule has 4 saturated carbocycles. The van der Waals surface area contributed by atoms with Gasteiger partial charge in [0.25, 0.3) is 0 Å². The smallest absolute Gasteiger partial charge is 0.143 e. The minimum Gasteiger partial charge on any atom is -0.361 e. The predicted molar refractivity (Wildman–Crippen MR) is 125 cm³/mol. The molecule has 4 nitrogen and oxygen atoms in total. The molecule has 0 aromatic carbocycles. The number of rotatable bonds is 6. The van der Waals surface area contributed by atoms with Gasteiger partial charge in [-0.2, -0.15) is 0 Å². The standard InChI is InChI=1S/C25H35N3OSi/c1-30(2,3)9-8-29-16-27-6-5-22-24-19(15-26-25(22)27)4-7-28(24)23-20-11-17-10-18(13-20)14-21(23)12-17/h4-7,15,17-18,20-21,23H,8-14,16H2,1-3H3. The van der Waals surface area contributed by atoms with E-state index in [9.17, 15) is 0 Å². The highest BCUT2D eigenvalue weighted by Gasteiger charge is 2.49. The number of fused-ring (bicyclic) bond motifs is 3. The van der Waals surface area contributed by atoms with Crippen LogP contribution in [-0.2, 0) is 11.5 Å². The first kappa shape index (κ1) is 19.1. The molecule has 5 heteroatoms. The van der Waals surface area contributed by atoms with Crippen molar-refractivity contribution in [3.8, 4) is 0 Å². The molecular weight excluding hydrogens is 386 g/mol. The van der Waals surface area contributed by atoms with Gasteiger partial charge < -0.3 is 13.9 Å². The van der Waals surface area contributed by atoms with Crippen LogP contribution in [0.15, 0.2) is 30.7 Å². The van der Waals surface area contributed by atoms with Crippen LogP contribution in [0.2, 0.25) is 25.7 Å². The van der Waals surface area contributed by atoms with Crippen molar-refractivity contribution in [3.05, 3.63) is 30.7 Å². The maximum absolute atomic E-state index is 6.03. The van der Waals surface area contributed by atoms with E-state index in [1.54, 1.807) is 0 Å². The third kappa shape index (κ3) is 3.16. The van der Waals surface area contributed by atoms with Gasteiger partial charge >= 0.3 is 0 Å². The number of pyridine rings is 1. The molecule has 4 aliphatic rings. The van der Waals surface area contributed by atoms with Crippen molar-refractivity contribution < 1.29 is 4.74 Å². The van der Waals surface area contributed by atoms with Gasteiger partial charge in [0.05, 0.1) is 5.52 Å². The molecule has 0 spiro atoms. The molecule has 3 aromatic rings. The Bertz CT molecular complexity index is 1050. The molecule has 0 atom stereocenters. The van der Waals surface area contributed by atoms with E-state index in [-0.39, 0.29) is 0 Å². The summed E-state index contributed by atoms with van der Waals surface area (Å²) in [5.74, 6) is 3.79. The maximum Gasteiger partial charge on any atom is 0.143 e. The lowest BCUT2D eigenvalue weighted by Gasteiger charge is -2.54. The second kappa shape index (κ2) is 6.96. The van der Waals surface area contributed by atoms with Crippen molar-refractivity contribution >= 4 is 30.0 Å². The summed E-state index contributed by atoms with van der Waals surface area (Å²) in [5.41, 5.74) is 2.47. The van der Waals surface area contributed by atoms with E-state index in [1.165, 1.54) is 54.4 Å². The summed E-state index contributed by atoms with van der Waals surface area (Å²) >= 11 is 0. The summed E-state index contributed by atoms with van der Waals surface area (Å²) in [6, 6.07) is 6.45. The fourth-order valence-electron chi connectivity index (χ4n) is 7.03. The second-order valence-corrected chi connectivity index (χ2v) is 17.2. The van der Waals surface area contributed by atoms with Crippen molar-refractivity contribution in [1.29, 1.82) is 0 Å². The maximum atomic E-state index is 6.03. The first-order valence-electron chi connectivity index (χ1n) is 12.0. The molecule has 0 amide bonds. The van der Waals surface area contributed by atoms with Crippen LogP contribution in [0.5, 0.6) is 0 Å². The highest BCUT2D eigenvalue weighted by molar-refractivity contribution is 6.76. The summed E-state index contributed by atoms with van der Waals surface area (Å²) in [6.45, 7) is 8.65. The Morgan fingerprint density at radius 1 is 1.00 bits per heavy atom. The molecular formula is C25H35N3OSi. The van der Waals surface area contributed by atoms with Crippen LogP contribution in [0.25, 0.3) is 21.9 Å². The van der Waals surface area contributed by atoms with Gasteiger partial charge in [-0.3, -0.25) is 0 Å². The van der Waals surface area contributed by atoms with Crippen LogP contribution < -0.4 is 0 Å². The zero-order chi connectivity index (χ0) is 20.5. The van der Waals surface area contributed by atoms with E-state index in [2.05, 4.69) is 59.5 Å². The third-order valence-electron chi connectivity index (χ3n) is 8.19. The Morgan fingerprint density at radius 3 is 2.43 bits per heavy atom. The summed E-state index contributed by atoms with van der Waals surface area (Å²) < 4.78 is 10.9. The number of ether oxygens (including phenoxy) is 1. The topological polar surface area (TPSA) is 32.0 Å². The lowest BCUT2D eigenvalue weighted by molar-refractivity contribution is -0.0274. The predicted octanol–water partition coefficient (Wildman–Crippen LogP) is 6.30. The van der Waals surface area contributed by atoms with Gasteiger partial charge in [0.15, 0.2) is 0 Å². The van der Waals surface area contributed by atoms with Crippen LogP contribution in [-0.4, -0.2) is 28.8 Å². The largest absolute Gasteiger partial charge is 0.361 e. The third-order valence-corrected chi connectivity index (χ3v) is 9.89. The van der Waals surface area contributed by atoms with Gasteiger partial charge in [-0.25, -0.2) is 4.98 Å². The summed E-state index contributed by atoms with van der Waals surface area (Å²) in [6.07, 6.45) is 13.9. The first-order valence-corrected chi connectivity index (χ1v) is 15.7. The van der Waals surface area contributed by atoms with E-state index >= 15 is 0 Å². The van der Waals surface area contributed by atoms with Crippen LogP contribution in [0.3, 0.4) is 0 Å². The van der Waals surface area contributed by atoms with Gasteiger partial charge in [0.1, 0.15) is 12.4 Å². The van der Waals surface area contributed by atoms with E-state index in [0.29, 0.717) is 12.8 Å². The molecule has 0 unspecified atom stereocenters. The summed E-state index contributed by atoms with van der Waals surface area (Å²) in [4.78, 5) is 4.82. The fourth-order valence-corrected chi connectivity index (χ4v) is 7.79. The monoisotopic (exact) mass is 421 g/mol. The molecule has 0 radical (unpaired) electrons. The van der Waals surface area contributed by atoms with Gasteiger partial charge in [0.2, 0.25) is 0 Å². The molecule has 3 aromatic heterocycles. The van der Waals surface area contributed by atoms with Crippen LogP contribution in [0.4, 0.5) is 0 Å². The molecule has 4 fully saturated rings. The molecule has 0 N–H and O–H groups in total. The van der Waals surface area contributed by atoms with E-state index in [0.717, 1.165) is 35.9 Å². The van der Waals surface area contributed by atoms with Crippen molar-refractivity contribution in [2.45, 2.75) is 70.6 Å². The average Bonchev–Trinajstić information content (AvgIpc) is 3.28. The fraction of sp³-hybridized carbons (Fsp3) is 0.640. The zero-order valence-corrected chi connectivity index (χ0v) is 19.7. The molecule has 7 rings (SSSR count). The first-order chi connectivity index (χ1) is 14.5. The molecule has 30 heavy (non-hydrogen) atoms. The molecule has 160 valence electrons. The lowest BCUT2D eigenvalue weighted by atomic mass is 9.54. The number of hydrogen-bond acceptors (Lipinski definition) is 2. The van der Waals surface area contributed by atoms with Gasteiger partial charge in [0, 0.05) is 50.1 Å². The van der Waals surface area contributed by atoms with Crippen molar-refractivity contribution in [2.75, 3.05) is 6.61 Å². The normalized spacial score (nSPS) is 30.7. The number of hydrogen-bond donors (Lipinski definition) is 0. The minimum atomic E-state index is -1.05. The number of nitrogens with zero attached hydrogens (tertiary/aromatic N) is 3. The quantitative estimate of drug-likeness (QED) is 0.345. The Balaban J connectivity index is 1.32. The van der Waals surface area contributed by atoms with Crippen molar-refractivity contribution in [3.63, 3.8) is 0 Å². The highest BCUT2D eigenvalue weighted by Crippen LogP contribution is 2.58. The van der Waals surface area contributed by atoms with Crippen LogP contribution in [0, 0.1) is 23.7 Å². The SMILES string of the molecule is C[Si](C)(C)CCOCn1ccc2c1ncc1ccn(C3C4CC5CC(C4)CC3C5)c12. The Kier molecular flexibility index (Phi) is 4.43.